The minimum atomic E-state index is -0.933. The van der Waals surface area contributed by atoms with Crippen molar-refractivity contribution in [3.63, 3.8) is 0 Å². The van der Waals surface area contributed by atoms with Gasteiger partial charge in [0.25, 0.3) is 0 Å². The van der Waals surface area contributed by atoms with E-state index in [1.54, 1.807) is 19.1 Å². The van der Waals surface area contributed by atoms with E-state index in [1.807, 2.05) is 6.26 Å². The van der Waals surface area contributed by atoms with Gasteiger partial charge in [0.2, 0.25) is 0 Å². The molecule has 0 fully saturated rings. The number of para-hydroxylation sites is 1. The Labute approximate surface area is 110 Å². The molecule has 0 bridgehead atoms. The van der Waals surface area contributed by atoms with Crippen LogP contribution >= 0.6 is 11.8 Å². The van der Waals surface area contributed by atoms with Gasteiger partial charge in [0.05, 0.1) is 10.5 Å². The largest absolute Gasteiger partial charge is 0.393 e. The van der Waals surface area contributed by atoms with Crippen LogP contribution in [-0.4, -0.2) is 34.2 Å². The monoisotopic (exact) mass is 271 g/mol. The number of nitro groups is 1. The van der Waals surface area contributed by atoms with E-state index in [4.69, 9.17) is 5.73 Å². The van der Waals surface area contributed by atoms with Crippen molar-refractivity contribution in [2.75, 3.05) is 29.6 Å². The van der Waals surface area contributed by atoms with E-state index in [1.165, 1.54) is 17.8 Å². The summed E-state index contributed by atoms with van der Waals surface area (Å²) in [5.41, 5.74) is 4.91. The standard InChI is InChI=1S/C11H17N3O3S/c1-11(15,7-18-2)6-13-9-5-3-4-8(12)10(9)14(16)17/h3-5,13,15H,6-7,12H2,1-2H3. The lowest BCUT2D eigenvalue weighted by atomic mass is 10.1. The highest BCUT2D eigenvalue weighted by atomic mass is 32.2. The van der Waals surface area contributed by atoms with Gasteiger partial charge in [-0.1, -0.05) is 6.07 Å². The lowest BCUT2D eigenvalue weighted by Crippen LogP contribution is -2.36. The summed E-state index contributed by atoms with van der Waals surface area (Å²) in [4.78, 5) is 10.4. The summed E-state index contributed by atoms with van der Waals surface area (Å²) in [5, 5.41) is 23.8. The topological polar surface area (TPSA) is 101 Å². The molecule has 4 N–H and O–H groups in total. The fourth-order valence-electron chi connectivity index (χ4n) is 1.56. The SMILES string of the molecule is CSCC(C)(O)CNc1cccc(N)c1[N+](=O)[O-]. The van der Waals surface area contributed by atoms with Gasteiger partial charge in [0, 0.05) is 12.3 Å². The molecule has 0 saturated carbocycles. The number of anilines is 2. The quantitative estimate of drug-likeness (QED) is 0.413. The molecule has 0 amide bonds. The summed E-state index contributed by atoms with van der Waals surface area (Å²) in [5.74, 6) is 0.538. The van der Waals surface area contributed by atoms with Crippen LogP contribution in [-0.2, 0) is 0 Å². The number of aliphatic hydroxyl groups is 1. The normalized spacial score (nSPS) is 13.9. The van der Waals surface area contributed by atoms with Gasteiger partial charge < -0.3 is 16.2 Å². The Morgan fingerprint density at radius 3 is 2.83 bits per heavy atom. The molecule has 0 aliphatic carbocycles. The molecule has 0 aliphatic rings. The maximum absolute atomic E-state index is 10.9. The molecule has 0 saturated heterocycles. The molecule has 1 rings (SSSR count). The van der Waals surface area contributed by atoms with Crippen LogP contribution in [0.2, 0.25) is 0 Å². The van der Waals surface area contributed by atoms with Crippen LogP contribution in [0.4, 0.5) is 17.1 Å². The summed E-state index contributed by atoms with van der Waals surface area (Å²) in [6, 6.07) is 4.68. The Bertz CT molecular complexity index is 438. The average Bonchev–Trinajstić information content (AvgIpc) is 2.26. The van der Waals surface area contributed by atoms with Crippen molar-refractivity contribution >= 4 is 28.8 Å². The number of benzene rings is 1. The zero-order chi connectivity index (χ0) is 13.8. The average molecular weight is 271 g/mol. The Morgan fingerprint density at radius 1 is 1.61 bits per heavy atom. The second-order valence-corrected chi connectivity index (χ2v) is 5.15. The van der Waals surface area contributed by atoms with Crippen molar-refractivity contribution in [1.82, 2.24) is 0 Å². The molecule has 1 aromatic carbocycles. The summed E-state index contributed by atoms with van der Waals surface area (Å²) in [6.07, 6.45) is 1.89. The third-order valence-electron chi connectivity index (χ3n) is 2.36. The number of nitro benzene ring substituents is 1. The molecule has 1 aromatic rings. The van der Waals surface area contributed by atoms with Crippen LogP contribution in [0.15, 0.2) is 18.2 Å². The lowest BCUT2D eigenvalue weighted by Gasteiger charge is -2.23. The molecule has 0 heterocycles. The van der Waals surface area contributed by atoms with E-state index >= 15 is 0 Å². The molecule has 7 heteroatoms. The lowest BCUT2D eigenvalue weighted by molar-refractivity contribution is -0.383. The molecule has 6 nitrogen and oxygen atoms in total. The number of thioether (sulfide) groups is 1. The molecule has 1 atom stereocenters. The number of hydrogen-bond acceptors (Lipinski definition) is 6. The zero-order valence-electron chi connectivity index (χ0n) is 10.3. The Balaban J connectivity index is 2.85. The maximum Gasteiger partial charge on any atom is 0.314 e. The van der Waals surface area contributed by atoms with E-state index in [-0.39, 0.29) is 17.9 Å². The van der Waals surface area contributed by atoms with Gasteiger partial charge in [-0.05, 0) is 25.3 Å². The third-order valence-corrected chi connectivity index (χ3v) is 3.28. The minimum absolute atomic E-state index is 0.106. The van der Waals surface area contributed by atoms with E-state index in [2.05, 4.69) is 5.32 Å². The highest BCUT2D eigenvalue weighted by Gasteiger charge is 2.22. The number of nitrogens with two attached hydrogens (primary N) is 1. The van der Waals surface area contributed by atoms with Crippen LogP contribution in [0.5, 0.6) is 0 Å². The minimum Gasteiger partial charge on any atom is -0.393 e. The summed E-state index contributed by atoms with van der Waals surface area (Å²) in [7, 11) is 0. The molecule has 0 spiro atoms. The first-order valence-corrected chi connectivity index (χ1v) is 6.75. The van der Waals surface area contributed by atoms with Gasteiger partial charge in [0.15, 0.2) is 0 Å². The van der Waals surface area contributed by atoms with Crippen molar-refractivity contribution in [3.8, 4) is 0 Å². The van der Waals surface area contributed by atoms with Crippen LogP contribution in [0.1, 0.15) is 6.92 Å². The van der Waals surface area contributed by atoms with Crippen LogP contribution in [0.25, 0.3) is 0 Å². The first-order valence-electron chi connectivity index (χ1n) is 5.35. The van der Waals surface area contributed by atoms with E-state index in [0.29, 0.717) is 11.4 Å². The first kappa shape index (κ1) is 14.6. The van der Waals surface area contributed by atoms with Crippen molar-refractivity contribution in [1.29, 1.82) is 0 Å². The number of nitrogen functional groups attached to an aromatic ring is 1. The van der Waals surface area contributed by atoms with E-state index < -0.39 is 10.5 Å². The Kier molecular flexibility index (Phi) is 4.80. The zero-order valence-corrected chi connectivity index (χ0v) is 11.2. The molecule has 18 heavy (non-hydrogen) atoms. The van der Waals surface area contributed by atoms with Crippen molar-refractivity contribution < 1.29 is 10.0 Å². The number of rotatable bonds is 6. The highest BCUT2D eigenvalue weighted by molar-refractivity contribution is 7.98. The molecule has 0 radical (unpaired) electrons. The molecule has 100 valence electrons. The Hall–Kier alpha value is -1.47. The molecular formula is C11H17N3O3S. The van der Waals surface area contributed by atoms with Crippen molar-refractivity contribution in [2.24, 2.45) is 0 Å². The summed E-state index contributed by atoms with van der Waals surface area (Å²) < 4.78 is 0. The van der Waals surface area contributed by atoms with Crippen molar-refractivity contribution in [2.45, 2.75) is 12.5 Å². The second-order valence-electron chi connectivity index (χ2n) is 4.28. The fourth-order valence-corrected chi connectivity index (χ4v) is 2.28. The summed E-state index contributed by atoms with van der Waals surface area (Å²) >= 11 is 1.51. The van der Waals surface area contributed by atoms with Gasteiger partial charge in [-0.25, -0.2) is 0 Å². The van der Waals surface area contributed by atoms with E-state index in [0.717, 1.165) is 0 Å². The van der Waals surface area contributed by atoms with Crippen LogP contribution < -0.4 is 11.1 Å². The smallest absolute Gasteiger partial charge is 0.314 e. The van der Waals surface area contributed by atoms with Gasteiger partial charge in [-0.15, -0.1) is 0 Å². The maximum atomic E-state index is 10.9. The first-order chi connectivity index (χ1) is 8.37. The highest BCUT2D eigenvalue weighted by Crippen LogP contribution is 2.30. The number of nitrogens with zero attached hydrogens (tertiary/aromatic N) is 1. The molecule has 1 unspecified atom stereocenters. The van der Waals surface area contributed by atoms with Gasteiger partial charge in [0.1, 0.15) is 11.4 Å². The van der Waals surface area contributed by atoms with Crippen molar-refractivity contribution in [3.05, 3.63) is 28.3 Å². The van der Waals surface area contributed by atoms with Crippen LogP contribution in [0.3, 0.4) is 0 Å². The predicted molar refractivity (Wildman–Crippen MR) is 75.0 cm³/mol. The second kappa shape index (κ2) is 5.92. The molecule has 0 aromatic heterocycles. The fraction of sp³-hybridized carbons (Fsp3) is 0.455. The third kappa shape index (κ3) is 3.78. The van der Waals surface area contributed by atoms with Gasteiger partial charge in [-0.2, -0.15) is 11.8 Å². The molecular weight excluding hydrogens is 254 g/mol. The Morgan fingerprint density at radius 2 is 2.28 bits per heavy atom. The van der Waals surface area contributed by atoms with E-state index in [9.17, 15) is 15.2 Å². The van der Waals surface area contributed by atoms with Crippen LogP contribution in [0, 0.1) is 10.1 Å². The van der Waals surface area contributed by atoms with Gasteiger partial charge in [-0.3, -0.25) is 10.1 Å². The van der Waals surface area contributed by atoms with Gasteiger partial charge >= 0.3 is 5.69 Å². The summed E-state index contributed by atoms with van der Waals surface area (Å²) in [6.45, 7) is 1.90. The number of hydrogen-bond donors (Lipinski definition) is 3. The molecule has 0 aliphatic heterocycles. The predicted octanol–water partition coefficient (Wildman–Crippen LogP) is 1.70. The number of nitrogens with one attached hydrogen (secondary N) is 1.